The quantitative estimate of drug-likeness (QED) is 0.435. The summed E-state index contributed by atoms with van der Waals surface area (Å²) in [5.41, 5.74) is 3.05. The van der Waals surface area contributed by atoms with E-state index in [1.165, 1.54) is 10.4 Å². The Morgan fingerprint density at radius 2 is 2.27 bits per heavy atom. The first-order valence-corrected chi connectivity index (χ1v) is 12.2. The average molecular weight is 465 g/mol. The molecule has 0 radical (unpaired) electrons. The van der Waals surface area contributed by atoms with Gasteiger partial charge in [-0.1, -0.05) is 13.3 Å². The zero-order valence-corrected chi connectivity index (χ0v) is 20.0. The molecule has 172 valence electrons. The highest BCUT2D eigenvalue weighted by atomic mass is 32.1. The van der Waals surface area contributed by atoms with Gasteiger partial charge < -0.3 is 15.0 Å². The third-order valence-electron chi connectivity index (χ3n) is 6.39. The van der Waals surface area contributed by atoms with Crippen molar-refractivity contribution in [2.75, 3.05) is 26.0 Å². The molecule has 1 unspecified atom stereocenters. The molecule has 5 rings (SSSR count). The molecule has 33 heavy (non-hydrogen) atoms. The largest absolute Gasteiger partial charge is 0.493 e. The first-order valence-electron chi connectivity index (χ1n) is 11.4. The lowest BCUT2D eigenvalue weighted by Crippen LogP contribution is -2.36. The van der Waals surface area contributed by atoms with Gasteiger partial charge in [0.05, 0.1) is 29.9 Å². The Morgan fingerprint density at radius 3 is 3.09 bits per heavy atom. The predicted molar refractivity (Wildman–Crippen MR) is 131 cm³/mol. The van der Waals surface area contributed by atoms with Crippen LogP contribution in [-0.4, -0.2) is 51.1 Å². The Kier molecular flexibility index (Phi) is 5.88. The number of hydrogen-bond acceptors (Lipinski definition) is 7. The molecule has 0 fully saturated rings. The third kappa shape index (κ3) is 4.01. The second kappa shape index (κ2) is 8.97. The number of unbranched alkanes of at least 4 members (excludes halogenated alkanes) is 1. The van der Waals surface area contributed by atoms with Crippen molar-refractivity contribution < 1.29 is 9.53 Å². The standard InChI is InChI=1S/C24H28N6O2S/c1-4-5-10-29(2)24(31)15-6-7-17-20(11-15)33-23-21(17)22(25-14-26-23)28-18-12-16-8-9-27-30(16)13-19(18)32-3/h8-9,12-15H,4-7,10-11H2,1-3H3,(H,25,26,28). The molecule has 4 aromatic heterocycles. The van der Waals surface area contributed by atoms with Crippen LogP contribution in [0.1, 0.15) is 36.6 Å². The molecule has 8 nitrogen and oxygen atoms in total. The van der Waals surface area contributed by atoms with Crippen molar-refractivity contribution in [3.05, 3.63) is 41.3 Å². The van der Waals surface area contributed by atoms with Gasteiger partial charge in [0.2, 0.25) is 5.91 Å². The SMILES string of the molecule is CCCCN(C)C(=O)C1CCc2c(sc3ncnc(Nc4cc5ccnn5cc4OC)c23)C1. The number of aryl methyl sites for hydroxylation is 1. The fourth-order valence-electron chi connectivity index (χ4n) is 4.57. The number of carbonyl (C=O) groups is 1. The molecule has 0 bridgehead atoms. The molecule has 9 heteroatoms. The van der Waals surface area contributed by atoms with Gasteiger partial charge in [-0.15, -0.1) is 11.3 Å². The molecule has 1 amide bonds. The van der Waals surface area contributed by atoms with E-state index >= 15 is 0 Å². The lowest BCUT2D eigenvalue weighted by Gasteiger charge is -2.26. The number of amides is 1. The summed E-state index contributed by atoms with van der Waals surface area (Å²) in [5, 5.41) is 8.81. The molecule has 1 aliphatic rings. The summed E-state index contributed by atoms with van der Waals surface area (Å²) in [6.45, 7) is 2.98. The smallest absolute Gasteiger partial charge is 0.225 e. The summed E-state index contributed by atoms with van der Waals surface area (Å²) >= 11 is 1.68. The molecule has 0 spiro atoms. The van der Waals surface area contributed by atoms with Crippen LogP contribution < -0.4 is 10.1 Å². The molecule has 0 saturated carbocycles. The first kappa shape index (κ1) is 21.6. The summed E-state index contributed by atoms with van der Waals surface area (Å²) < 4.78 is 7.36. The van der Waals surface area contributed by atoms with Gasteiger partial charge in [0, 0.05) is 30.6 Å². The van der Waals surface area contributed by atoms with E-state index in [9.17, 15) is 4.79 Å². The average Bonchev–Trinajstić information content (AvgIpc) is 3.45. The molecule has 1 N–H and O–H groups in total. The van der Waals surface area contributed by atoms with Crippen LogP contribution in [0.15, 0.2) is 30.9 Å². The van der Waals surface area contributed by atoms with Crippen molar-refractivity contribution >= 4 is 44.5 Å². The van der Waals surface area contributed by atoms with E-state index in [2.05, 4.69) is 27.3 Å². The maximum absolute atomic E-state index is 13.0. The summed E-state index contributed by atoms with van der Waals surface area (Å²) in [7, 11) is 3.57. The monoisotopic (exact) mass is 464 g/mol. The normalized spacial score (nSPS) is 15.5. The topological polar surface area (TPSA) is 84.7 Å². The third-order valence-corrected chi connectivity index (χ3v) is 7.55. The van der Waals surface area contributed by atoms with Crippen LogP contribution in [0.4, 0.5) is 11.5 Å². The molecule has 0 aromatic carbocycles. The molecular weight excluding hydrogens is 436 g/mol. The van der Waals surface area contributed by atoms with E-state index in [-0.39, 0.29) is 11.8 Å². The van der Waals surface area contributed by atoms with Gasteiger partial charge in [0.25, 0.3) is 0 Å². The highest BCUT2D eigenvalue weighted by Gasteiger charge is 2.30. The highest BCUT2D eigenvalue weighted by Crippen LogP contribution is 2.41. The number of anilines is 2. The van der Waals surface area contributed by atoms with E-state index in [1.807, 2.05) is 30.3 Å². The Hall–Kier alpha value is -3.20. The maximum atomic E-state index is 13.0. The number of nitrogens with zero attached hydrogens (tertiary/aromatic N) is 5. The first-order chi connectivity index (χ1) is 16.1. The molecule has 4 aromatic rings. The van der Waals surface area contributed by atoms with Gasteiger partial charge >= 0.3 is 0 Å². The molecular formula is C24H28N6O2S. The van der Waals surface area contributed by atoms with E-state index < -0.39 is 0 Å². The second-order valence-electron chi connectivity index (χ2n) is 8.54. The molecule has 0 aliphatic heterocycles. The molecule has 1 aliphatic carbocycles. The van der Waals surface area contributed by atoms with Crippen LogP contribution in [0.5, 0.6) is 5.75 Å². The number of pyridine rings is 1. The minimum absolute atomic E-state index is 0.0427. The maximum Gasteiger partial charge on any atom is 0.225 e. The van der Waals surface area contributed by atoms with E-state index in [4.69, 9.17) is 4.74 Å². The van der Waals surface area contributed by atoms with Crippen LogP contribution in [0.3, 0.4) is 0 Å². The number of rotatable bonds is 7. The van der Waals surface area contributed by atoms with Crippen LogP contribution >= 0.6 is 11.3 Å². The molecule has 0 saturated heterocycles. The lowest BCUT2D eigenvalue weighted by molar-refractivity contribution is -0.134. The fraction of sp³-hybridized carbons (Fsp3) is 0.417. The van der Waals surface area contributed by atoms with Crippen LogP contribution in [0, 0.1) is 5.92 Å². The fourth-order valence-corrected chi connectivity index (χ4v) is 5.83. The van der Waals surface area contributed by atoms with Crippen molar-refractivity contribution in [3.63, 3.8) is 0 Å². The van der Waals surface area contributed by atoms with Gasteiger partial charge in [-0.05, 0) is 43.4 Å². The number of methoxy groups -OCH3 is 1. The zero-order valence-electron chi connectivity index (χ0n) is 19.2. The van der Waals surface area contributed by atoms with E-state index in [0.717, 1.165) is 65.9 Å². The van der Waals surface area contributed by atoms with Crippen molar-refractivity contribution in [1.82, 2.24) is 24.5 Å². The lowest BCUT2D eigenvalue weighted by atomic mass is 9.87. The van der Waals surface area contributed by atoms with Crippen molar-refractivity contribution in [2.24, 2.45) is 5.92 Å². The second-order valence-corrected chi connectivity index (χ2v) is 9.62. The number of aromatic nitrogens is 4. The van der Waals surface area contributed by atoms with E-state index in [0.29, 0.717) is 5.75 Å². The van der Waals surface area contributed by atoms with Gasteiger partial charge in [0.1, 0.15) is 17.0 Å². The van der Waals surface area contributed by atoms with Crippen molar-refractivity contribution in [3.8, 4) is 5.75 Å². The Morgan fingerprint density at radius 1 is 1.39 bits per heavy atom. The highest BCUT2D eigenvalue weighted by molar-refractivity contribution is 7.19. The Labute approximate surface area is 196 Å². The molecule has 4 heterocycles. The molecule has 1 atom stereocenters. The number of fused-ring (bicyclic) bond motifs is 4. The summed E-state index contributed by atoms with van der Waals surface area (Å²) in [4.78, 5) is 26.2. The minimum Gasteiger partial charge on any atom is -0.493 e. The van der Waals surface area contributed by atoms with Crippen LogP contribution in [0.25, 0.3) is 15.7 Å². The van der Waals surface area contributed by atoms with Gasteiger partial charge in [0.15, 0.2) is 5.75 Å². The summed E-state index contributed by atoms with van der Waals surface area (Å²) in [6.07, 6.45) is 9.83. The van der Waals surface area contributed by atoms with Crippen LogP contribution in [0.2, 0.25) is 0 Å². The Balaban J connectivity index is 1.45. The zero-order chi connectivity index (χ0) is 22.9. The van der Waals surface area contributed by atoms with Gasteiger partial charge in [-0.2, -0.15) is 5.10 Å². The number of thiophene rings is 1. The van der Waals surface area contributed by atoms with Crippen molar-refractivity contribution in [1.29, 1.82) is 0 Å². The van der Waals surface area contributed by atoms with Gasteiger partial charge in [-0.25, -0.2) is 14.5 Å². The van der Waals surface area contributed by atoms with E-state index in [1.54, 1.807) is 35.5 Å². The number of nitrogens with one attached hydrogen (secondary N) is 1. The minimum atomic E-state index is 0.0427. The predicted octanol–water partition coefficient (Wildman–Crippen LogP) is 4.45. The summed E-state index contributed by atoms with van der Waals surface area (Å²) in [5.74, 6) is 1.75. The van der Waals surface area contributed by atoms with Crippen molar-refractivity contribution in [2.45, 2.75) is 39.0 Å². The summed E-state index contributed by atoms with van der Waals surface area (Å²) in [6, 6.07) is 3.95. The Bertz CT molecular complexity index is 1310. The number of ether oxygens (including phenoxy) is 1. The number of carbonyl (C=O) groups excluding carboxylic acids is 1. The number of hydrogen-bond donors (Lipinski definition) is 1. The van der Waals surface area contributed by atoms with Crippen LogP contribution in [-0.2, 0) is 17.6 Å². The van der Waals surface area contributed by atoms with Gasteiger partial charge in [-0.3, -0.25) is 4.79 Å².